The predicted molar refractivity (Wildman–Crippen MR) is 96.0 cm³/mol. The molecule has 0 saturated heterocycles. The van der Waals surface area contributed by atoms with E-state index in [2.05, 4.69) is 92.7 Å². The molecule has 0 spiro atoms. The Kier molecular flexibility index (Phi) is 4.39. The highest BCUT2D eigenvalue weighted by Gasteiger charge is 2.12. The molecule has 3 aromatic rings. The summed E-state index contributed by atoms with van der Waals surface area (Å²) in [5, 5.41) is 0. The quantitative estimate of drug-likeness (QED) is 0.511. The highest BCUT2D eigenvalue weighted by molar-refractivity contribution is 5.74. The maximum atomic E-state index is 2.37. The van der Waals surface area contributed by atoms with Crippen LogP contribution in [0.4, 0.5) is 0 Å². The maximum absolute atomic E-state index is 2.37. The highest BCUT2D eigenvalue weighted by Crippen LogP contribution is 2.34. The van der Waals surface area contributed by atoms with Gasteiger partial charge >= 0.3 is 0 Å². The minimum absolute atomic E-state index is 0.555. The number of rotatable bonds is 4. The molecule has 1 atom stereocenters. The van der Waals surface area contributed by atoms with Crippen LogP contribution in [0, 0.1) is 0 Å². The average molecular weight is 286 g/mol. The molecule has 3 rings (SSSR count). The molecule has 0 N–H and O–H groups in total. The highest BCUT2D eigenvalue weighted by atomic mass is 14.2. The Morgan fingerprint density at radius 1 is 0.682 bits per heavy atom. The van der Waals surface area contributed by atoms with Gasteiger partial charge in [-0.25, -0.2) is 0 Å². The third-order valence-corrected chi connectivity index (χ3v) is 4.39. The predicted octanol–water partition coefficient (Wildman–Crippen LogP) is 6.53. The van der Waals surface area contributed by atoms with Crippen LogP contribution in [-0.4, -0.2) is 0 Å². The van der Waals surface area contributed by atoms with E-state index in [0.717, 1.165) is 6.42 Å². The Balaban J connectivity index is 2.12. The van der Waals surface area contributed by atoms with Crippen LogP contribution in [0.25, 0.3) is 22.3 Å². The van der Waals surface area contributed by atoms with Crippen molar-refractivity contribution < 1.29 is 0 Å². The first-order valence-corrected chi connectivity index (χ1v) is 8.04. The summed E-state index contributed by atoms with van der Waals surface area (Å²) in [4.78, 5) is 0. The van der Waals surface area contributed by atoms with Gasteiger partial charge in [0.15, 0.2) is 0 Å². The smallest absolute Gasteiger partial charge is 0.0149 e. The van der Waals surface area contributed by atoms with Crippen molar-refractivity contribution in [1.29, 1.82) is 0 Å². The molecule has 0 bridgehead atoms. The fourth-order valence-electron chi connectivity index (χ4n) is 2.88. The normalized spacial score (nSPS) is 12.1. The van der Waals surface area contributed by atoms with Crippen LogP contribution in [-0.2, 0) is 0 Å². The van der Waals surface area contributed by atoms with E-state index < -0.39 is 0 Å². The number of hydrogen-bond donors (Lipinski definition) is 0. The maximum Gasteiger partial charge on any atom is -0.0149 e. The van der Waals surface area contributed by atoms with Gasteiger partial charge in [0.25, 0.3) is 0 Å². The SMILES string of the molecule is CCC(C)c1cc(-c2ccccc2)ccc1-c1ccccc1. The minimum Gasteiger partial charge on any atom is -0.0648 e. The molecule has 0 fully saturated rings. The van der Waals surface area contributed by atoms with Crippen LogP contribution in [0.15, 0.2) is 78.9 Å². The van der Waals surface area contributed by atoms with Gasteiger partial charge in [0, 0.05) is 0 Å². The third-order valence-electron chi connectivity index (χ3n) is 4.39. The van der Waals surface area contributed by atoms with Crippen LogP contribution in [0.1, 0.15) is 31.7 Å². The molecule has 0 aliphatic carbocycles. The Morgan fingerprint density at radius 3 is 1.86 bits per heavy atom. The fourth-order valence-corrected chi connectivity index (χ4v) is 2.88. The summed E-state index contributed by atoms with van der Waals surface area (Å²) in [7, 11) is 0. The van der Waals surface area contributed by atoms with Gasteiger partial charge in [-0.2, -0.15) is 0 Å². The van der Waals surface area contributed by atoms with Crippen molar-refractivity contribution in [1.82, 2.24) is 0 Å². The van der Waals surface area contributed by atoms with Crippen molar-refractivity contribution in [3.8, 4) is 22.3 Å². The molecule has 0 aromatic heterocycles. The van der Waals surface area contributed by atoms with E-state index in [4.69, 9.17) is 0 Å². The zero-order chi connectivity index (χ0) is 15.4. The topological polar surface area (TPSA) is 0 Å². The van der Waals surface area contributed by atoms with Crippen molar-refractivity contribution in [2.45, 2.75) is 26.2 Å². The van der Waals surface area contributed by atoms with Crippen molar-refractivity contribution in [2.75, 3.05) is 0 Å². The van der Waals surface area contributed by atoms with Gasteiger partial charge in [0.05, 0.1) is 0 Å². The summed E-state index contributed by atoms with van der Waals surface area (Å²) in [5.41, 5.74) is 6.68. The van der Waals surface area contributed by atoms with Gasteiger partial charge in [-0.15, -0.1) is 0 Å². The molecule has 110 valence electrons. The largest absolute Gasteiger partial charge is 0.0648 e. The fraction of sp³-hybridized carbons (Fsp3) is 0.182. The standard InChI is InChI=1S/C22H22/c1-3-17(2)22-16-20(18-10-6-4-7-11-18)14-15-21(22)19-12-8-5-9-13-19/h4-17H,3H2,1-2H3. The van der Waals surface area contributed by atoms with Crippen LogP contribution in [0.2, 0.25) is 0 Å². The molecular formula is C22H22. The second kappa shape index (κ2) is 6.62. The van der Waals surface area contributed by atoms with Gasteiger partial charge in [-0.3, -0.25) is 0 Å². The molecule has 0 radical (unpaired) electrons. The van der Waals surface area contributed by atoms with Crippen molar-refractivity contribution >= 4 is 0 Å². The molecule has 0 aliphatic heterocycles. The molecule has 0 aliphatic rings. The van der Waals surface area contributed by atoms with Crippen molar-refractivity contribution in [2.24, 2.45) is 0 Å². The van der Waals surface area contributed by atoms with Crippen LogP contribution < -0.4 is 0 Å². The summed E-state index contributed by atoms with van der Waals surface area (Å²) < 4.78 is 0. The molecule has 22 heavy (non-hydrogen) atoms. The lowest BCUT2D eigenvalue weighted by Gasteiger charge is -2.17. The van der Waals surface area contributed by atoms with Gasteiger partial charge in [-0.05, 0) is 40.2 Å². The summed E-state index contributed by atoms with van der Waals surface area (Å²) in [5.74, 6) is 0.555. The summed E-state index contributed by atoms with van der Waals surface area (Å²) in [6.07, 6.45) is 1.15. The molecule has 1 unspecified atom stereocenters. The zero-order valence-corrected chi connectivity index (χ0v) is 13.3. The summed E-state index contributed by atoms with van der Waals surface area (Å²) >= 11 is 0. The first-order chi connectivity index (χ1) is 10.8. The minimum atomic E-state index is 0.555. The van der Waals surface area contributed by atoms with Crippen LogP contribution >= 0.6 is 0 Å². The summed E-state index contributed by atoms with van der Waals surface area (Å²) in [6, 6.07) is 28.2. The van der Waals surface area contributed by atoms with E-state index in [1.165, 1.54) is 27.8 Å². The Morgan fingerprint density at radius 2 is 1.27 bits per heavy atom. The van der Waals surface area contributed by atoms with Gasteiger partial charge < -0.3 is 0 Å². The Hall–Kier alpha value is -2.34. The molecule has 0 heterocycles. The summed E-state index contributed by atoms with van der Waals surface area (Å²) in [6.45, 7) is 4.57. The molecule has 0 nitrogen and oxygen atoms in total. The lowest BCUT2D eigenvalue weighted by atomic mass is 9.87. The lowest BCUT2D eigenvalue weighted by molar-refractivity contribution is 0.735. The molecule has 0 heteroatoms. The van der Waals surface area contributed by atoms with E-state index >= 15 is 0 Å². The van der Waals surface area contributed by atoms with Crippen molar-refractivity contribution in [3.63, 3.8) is 0 Å². The number of hydrogen-bond acceptors (Lipinski definition) is 0. The van der Waals surface area contributed by atoms with E-state index in [0.29, 0.717) is 5.92 Å². The molecule has 3 aromatic carbocycles. The van der Waals surface area contributed by atoms with Gasteiger partial charge in [0.2, 0.25) is 0 Å². The first-order valence-electron chi connectivity index (χ1n) is 8.04. The third kappa shape index (κ3) is 2.96. The second-order valence-electron chi connectivity index (χ2n) is 5.84. The second-order valence-corrected chi connectivity index (χ2v) is 5.84. The van der Waals surface area contributed by atoms with Gasteiger partial charge in [0.1, 0.15) is 0 Å². The van der Waals surface area contributed by atoms with E-state index in [-0.39, 0.29) is 0 Å². The zero-order valence-electron chi connectivity index (χ0n) is 13.3. The Labute approximate surface area is 133 Å². The molecule has 0 amide bonds. The van der Waals surface area contributed by atoms with E-state index in [9.17, 15) is 0 Å². The Bertz CT molecular complexity index is 727. The van der Waals surface area contributed by atoms with Crippen LogP contribution in [0.5, 0.6) is 0 Å². The van der Waals surface area contributed by atoms with Gasteiger partial charge in [-0.1, -0.05) is 92.7 Å². The van der Waals surface area contributed by atoms with Crippen LogP contribution in [0.3, 0.4) is 0 Å². The monoisotopic (exact) mass is 286 g/mol. The first kappa shape index (κ1) is 14.6. The molecule has 0 saturated carbocycles. The molecular weight excluding hydrogens is 264 g/mol. The van der Waals surface area contributed by atoms with E-state index in [1.807, 2.05) is 0 Å². The van der Waals surface area contributed by atoms with Crippen molar-refractivity contribution in [3.05, 3.63) is 84.4 Å². The average Bonchev–Trinajstić information content (AvgIpc) is 2.62. The lowest BCUT2D eigenvalue weighted by Crippen LogP contribution is -1.96. The van der Waals surface area contributed by atoms with E-state index in [1.54, 1.807) is 0 Å². The number of benzene rings is 3.